The minimum absolute atomic E-state index is 0.0627. The number of hydrogen-bond donors (Lipinski definition) is 1. The molecule has 1 aliphatic rings. The molecular formula is C25H30ClFN2O4. The van der Waals surface area contributed by atoms with Crippen molar-refractivity contribution in [2.75, 3.05) is 20.1 Å². The molecule has 33 heavy (non-hydrogen) atoms. The summed E-state index contributed by atoms with van der Waals surface area (Å²) in [5.74, 6) is -0.386. The Labute approximate surface area is 199 Å². The van der Waals surface area contributed by atoms with Crippen LogP contribution in [0.25, 0.3) is 0 Å². The summed E-state index contributed by atoms with van der Waals surface area (Å²) in [6.07, 6.45) is 5.10. The van der Waals surface area contributed by atoms with E-state index in [1.54, 1.807) is 30.3 Å². The molecule has 0 spiro atoms. The molecule has 1 atom stereocenters. The van der Waals surface area contributed by atoms with Crippen molar-refractivity contribution in [2.45, 2.75) is 50.7 Å². The van der Waals surface area contributed by atoms with Crippen LogP contribution in [-0.2, 0) is 16.1 Å². The Balaban J connectivity index is 2.00. The number of nitrogens with one attached hydrogen (secondary N) is 1. The van der Waals surface area contributed by atoms with Crippen LogP contribution in [0, 0.1) is 5.82 Å². The molecule has 3 rings (SSSR count). The Kier molecular flexibility index (Phi) is 8.95. The van der Waals surface area contributed by atoms with Crippen LogP contribution >= 0.6 is 11.6 Å². The summed E-state index contributed by atoms with van der Waals surface area (Å²) in [6.45, 7) is 0.100. The SMILES string of the molecule is COc1ccc(C(C(=O)NC2CCCCC2)N(Cc2ccc(F)cc2)C(=O)CCl)cc1OC. The van der Waals surface area contributed by atoms with Crippen LogP contribution < -0.4 is 14.8 Å². The first-order valence-electron chi connectivity index (χ1n) is 11.1. The minimum Gasteiger partial charge on any atom is -0.493 e. The number of benzene rings is 2. The Hall–Kier alpha value is -2.80. The first-order chi connectivity index (χ1) is 16.0. The summed E-state index contributed by atoms with van der Waals surface area (Å²) < 4.78 is 24.2. The number of carbonyl (C=O) groups excluding carboxylic acids is 2. The topological polar surface area (TPSA) is 67.9 Å². The Morgan fingerprint density at radius 1 is 1.06 bits per heavy atom. The highest BCUT2D eigenvalue weighted by Crippen LogP contribution is 2.33. The van der Waals surface area contributed by atoms with E-state index in [0.717, 1.165) is 32.1 Å². The van der Waals surface area contributed by atoms with Crippen molar-refractivity contribution in [2.24, 2.45) is 0 Å². The number of alkyl halides is 1. The van der Waals surface area contributed by atoms with Crippen LogP contribution in [0.2, 0.25) is 0 Å². The maximum absolute atomic E-state index is 13.6. The van der Waals surface area contributed by atoms with E-state index >= 15 is 0 Å². The molecule has 0 saturated heterocycles. The molecule has 1 unspecified atom stereocenters. The van der Waals surface area contributed by atoms with E-state index in [0.29, 0.717) is 22.6 Å². The molecule has 2 aromatic rings. The number of ether oxygens (including phenoxy) is 2. The average molecular weight is 477 g/mol. The fraction of sp³-hybridized carbons (Fsp3) is 0.440. The Bertz CT molecular complexity index is 948. The fourth-order valence-corrected chi connectivity index (χ4v) is 4.36. The second kappa shape index (κ2) is 11.9. The van der Waals surface area contributed by atoms with E-state index in [1.165, 1.54) is 31.3 Å². The lowest BCUT2D eigenvalue weighted by Crippen LogP contribution is -2.47. The third kappa shape index (κ3) is 6.38. The Morgan fingerprint density at radius 3 is 2.33 bits per heavy atom. The van der Waals surface area contributed by atoms with Gasteiger partial charge in [-0.15, -0.1) is 11.6 Å². The van der Waals surface area contributed by atoms with Crippen molar-refractivity contribution < 1.29 is 23.5 Å². The van der Waals surface area contributed by atoms with Gasteiger partial charge in [-0.25, -0.2) is 4.39 Å². The second-order valence-electron chi connectivity index (χ2n) is 8.14. The zero-order valence-corrected chi connectivity index (χ0v) is 19.7. The van der Waals surface area contributed by atoms with Gasteiger partial charge in [-0.1, -0.05) is 37.5 Å². The van der Waals surface area contributed by atoms with Crippen molar-refractivity contribution in [3.8, 4) is 11.5 Å². The molecule has 8 heteroatoms. The van der Waals surface area contributed by atoms with Crippen molar-refractivity contribution in [3.05, 3.63) is 59.4 Å². The molecule has 1 N–H and O–H groups in total. The molecule has 0 radical (unpaired) electrons. The number of amides is 2. The zero-order chi connectivity index (χ0) is 23.8. The van der Waals surface area contributed by atoms with Crippen molar-refractivity contribution in [3.63, 3.8) is 0 Å². The van der Waals surface area contributed by atoms with Crippen LogP contribution in [0.3, 0.4) is 0 Å². The minimum atomic E-state index is -0.942. The molecule has 0 aromatic heterocycles. The summed E-state index contributed by atoms with van der Waals surface area (Å²) >= 11 is 5.94. The third-order valence-electron chi connectivity index (χ3n) is 5.94. The van der Waals surface area contributed by atoms with Crippen molar-refractivity contribution >= 4 is 23.4 Å². The van der Waals surface area contributed by atoms with E-state index in [2.05, 4.69) is 5.32 Å². The van der Waals surface area contributed by atoms with Crippen molar-refractivity contribution in [1.82, 2.24) is 10.2 Å². The van der Waals surface area contributed by atoms with Gasteiger partial charge < -0.3 is 19.7 Å². The van der Waals surface area contributed by atoms with Gasteiger partial charge in [-0.2, -0.15) is 0 Å². The number of rotatable bonds is 9. The third-order valence-corrected chi connectivity index (χ3v) is 6.16. The molecule has 178 valence electrons. The van der Waals surface area contributed by atoms with E-state index in [4.69, 9.17) is 21.1 Å². The van der Waals surface area contributed by atoms with Gasteiger partial charge in [0.1, 0.15) is 17.7 Å². The lowest BCUT2D eigenvalue weighted by atomic mass is 9.94. The highest BCUT2D eigenvalue weighted by Gasteiger charge is 2.33. The van der Waals surface area contributed by atoms with Gasteiger partial charge in [0.15, 0.2) is 11.5 Å². The normalized spacial score (nSPS) is 14.9. The lowest BCUT2D eigenvalue weighted by Gasteiger charge is -2.33. The monoisotopic (exact) mass is 476 g/mol. The lowest BCUT2D eigenvalue weighted by molar-refractivity contribution is -0.140. The largest absolute Gasteiger partial charge is 0.493 e. The van der Waals surface area contributed by atoms with Crippen LogP contribution in [0.15, 0.2) is 42.5 Å². The summed E-state index contributed by atoms with van der Waals surface area (Å²) in [7, 11) is 3.04. The van der Waals surface area contributed by atoms with Crippen molar-refractivity contribution in [1.29, 1.82) is 0 Å². The summed E-state index contributed by atoms with van der Waals surface area (Å²) in [5.41, 5.74) is 1.26. The summed E-state index contributed by atoms with van der Waals surface area (Å²) in [5, 5.41) is 3.13. The molecule has 1 saturated carbocycles. The molecule has 1 aliphatic carbocycles. The first-order valence-corrected chi connectivity index (χ1v) is 11.6. The average Bonchev–Trinajstić information content (AvgIpc) is 2.84. The van der Waals surface area contributed by atoms with E-state index in [-0.39, 0.29) is 30.2 Å². The maximum Gasteiger partial charge on any atom is 0.247 e. The van der Waals surface area contributed by atoms with E-state index < -0.39 is 11.9 Å². The molecule has 1 fully saturated rings. The van der Waals surface area contributed by atoms with Gasteiger partial charge >= 0.3 is 0 Å². The van der Waals surface area contributed by atoms with Crippen LogP contribution in [0.5, 0.6) is 11.5 Å². The fourth-order valence-electron chi connectivity index (χ4n) is 4.21. The smallest absolute Gasteiger partial charge is 0.247 e. The second-order valence-corrected chi connectivity index (χ2v) is 8.41. The first kappa shape index (κ1) is 24.8. The number of carbonyl (C=O) groups is 2. The predicted molar refractivity (Wildman–Crippen MR) is 125 cm³/mol. The van der Waals surface area contributed by atoms with Gasteiger partial charge in [0.2, 0.25) is 11.8 Å². The van der Waals surface area contributed by atoms with Gasteiger partial charge in [0, 0.05) is 12.6 Å². The standard InChI is InChI=1S/C25H30ClFN2O4/c1-32-21-13-10-18(14-22(21)33-2)24(25(31)28-20-6-4-3-5-7-20)29(23(30)15-26)16-17-8-11-19(27)12-9-17/h8-14,20,24H,3-7,15-16H2,1-2H3,(H,28,31). The van der Waals surface area contributed by atoms with Crippen LogP contribution in [0.4, 0.5) is 4.39 Å². The quantitative estimate of drug-likeness (QED) is 0.537. The molecular weight excluding hydrogens is 447 g/mol. The summed E-state index contributed by atoms with van der Waals surface area (Å²) in [4.78, 5) is 28.0. The highest BCUT2D eigenvalue weighted by molar-refractivity contribution is 6.27. The Morgan fingerprint density at radius 2 is 1.73 bits per heavy atom. The number of nitrogens with zero attached hydrogens (tertiary/aromatic N) is 1. The number of hydrogen-bond acceptors (Lipinski definition) is 4. The van der Waals surface area contributed by atoms with E-state index in [1.807, 2.05) is 0 Å². The maximum atomic E-state index is 13.6. The predicted octanol–water partition coefficient (Wildman–Crippen LogP) is 4.60. The molecule has 2 aromatic carbocycles. The van der Waals surface area contributed by atoms with Crippen LogP contribution in [0.1, 0.15) is 49.3 Å². The molecule has 0 aliphatic heterocycles. The van der Waals surface area contributed by atoms with Gasteiger partial charge in [0.05, 0.1) is 14.2 Å². The number of methoxy groups -OCH3 is 2. The molecule has 0 bridgehead atoms. The molecule has 6 nitrogen and oxygen atoms in total. The van der Waals surface area contributed by atoms with Gasteiger partial charge in [-0.05, 0) is 48.2 Å². The summed E-state index contributed by atoms with van der Waals surface area (Å²) in [6, 6.07) is 10.1. The highest BCUT2D eigenvalue weighted by atomic mass is 35.5. The van der Waals surface area contributed by atoms with Gasteiger partial charge in [-0.3, -0.25) is 9.59 Å². The molecule has 2 amide bonds. The van der Waals surface area contributed by atoms with Crippen LogP contribution in [-0.4, -0.2) is 42.9 Å². The number of halogens is 2. The van der Waals surface area contributed by atoms with E-state index in [9.17, 15) is 14.0 Å². The zero-order valence-electron chi connectivity index (χ0n) is 19.0. The van der Waals surface area contributed by atoms with Gasteiger partial charge in [0.25, 0.3) is 0 Å². The molecule has 0 heterocycles.